The number of carbonyl (C=O) groups is 1. The van der Waals surface area contributed by atoms with Crippen molar-refractivity contribution >= 4 is 28.9 Å². The number of thiocarbonyl (C=S) groups is 1. The Morgan fingerprint density at radius 2 is 1.70 bits per heavy atom. The van der Waals surface area contributed by atoms with Crippen molar-refractivity contribution in [1.29, 1.82) is 0 Å². The van der Waals surface area contributed by atoms with Crippen LogP contribution in [0.5, 0.6) is 0 Å². The smallest absolute Gasteiger partial charge is 0.294 e. The van der Waals surface area contributed by atoms with E-state index in [0.717, 1.165) is 11.4 Å². The highest BCUT2D eigenvalue weighted by atomic mass is 32.1. The predicted molar refractivity (Wildman–Crippen MR) is 122 cm³/mol. The van der Waals surface area contributed by atoms with Gasteiger partial charge in [0.1, 0.15) is 0 Å². The molecule has 8 heteroatoms. The summed E-state index contributed by atoms with van der Waals surface area (Å²) < 4.78 is 1.54. The number of nitrogens with zero attached hydrogens (tertiary/aromatic N) is 2. The molecule has 1 aromatic heterocycles. The van der Waals surface area contributed by atoms with Crippen molar-refractivity contribution in [3.05, 3.63) is 87.8 Å². The highest BCUT2D eigenvalue weighted by molar-refractivity contribution is 7.80. The summed E-state index contributed by atoms with van der Waals surface area (Å²) in [5, 5.41) is 7.39. The molecule has 0 fully saturated rings. The van der Waals surface area contributed by atoms with Gasteiger partial charge in [-0.1, -0.05) is 44.2 Å². The predicted octanol–water partition coefficient (Wildman–Crippen LogP) is 3.30. The first-order valence-corrected chi connectivity index (χ1v) is 9.89. The monoisotopic (exact) mass is 421 g/mol. The molecule has 0 aliphatic carbocycles. The molecule has 0 atom stereocenters. The molecule has 7 nitrogen and oxygen atoms in total. The zero-order chi connectivity index (χ0) is 21.7. The summed E-state index contributed by atoms with van der Waals surface area (Å²) in [7, 11) is 0. The lowest BCUT2D eigenvalue weighted by Crippen LogP contribution is -2.45. The summed E-state index contributed by atoms with van der Waals surface area (Å²) in [6.45, 7) is 6.00. The minimum atomic E-state index is -0.677. The number of rotatable bonds is 4. The standard InChI is InChI=1S/C22H23N5O2S/c1-14(2)16-9-11-17(12-10-16)23-22(30)25-24-21(29)20-19(28)13-15(3)27(26-20)18-7-5-4-6-8-18/h4-14H,1-3H3,(H,24,29)(H2,23,25,30). The van der Waals surface area contributed by atoms with Gasteiger partial charge in [0, 0.05) is 17.4 Å². The largest absolute Gasteiger partial charge is 0.331 e. The van der Waals surface area contributed by atoms with E-state index in [1.165, 1.54) is 11.6 Å². The number of para-hydroxylation sites is 1. The molecule has 3 rings (SSSR count). The first-order chi connectivity index (χ1) is 14.3. The molecule has 1 amide bonds. The second-order valence-corrected chi connectivity index (χ2v) is 7.46. The topological polar surface area (TPSA) is 88.1 Å². The van der Waals surface area contributed by atoms with Gasteiger partial charge in [-0.2, -0.15) is 5.10 Å². The average Bonchev–Trinajstić information content (AvgIpc) is 2.73. The molecule has 0 aliphatic rings. The van der Waals surface area contributed by atoms with Crippen LogP contribution in [0.15, 0.2) is 65.5 Å². The summed E-state index contributed by atoms with van der Waals surface area (Å²) >= 11 is 5.20. The van der Waals surface area contributed by atoms with Crippen molar-refractivity contribution < 1.29 is 4.79 Å². The summed E-state index contributed by atoms with van der Waals surface area (Å²) in [6.07, 6.45) is 0. The summed E-state index contributed by atoms with van der Waals surface area (Å²) in [4.78, 5) is 24.8. The van der Waals surface area contributed by atoms with E-state index in [9.17, 15) is 9.59 Å². The van der Waals surface area contributed by atoms with E-state index in [-0.39, 0.29) is 10.8 Å². The highest BCUT2D eigenvalue weighted by Crippen LogP contribution is 2.17. The van der Waals surface area contributed by atoms with Gasteiger partial charge in [0.05, 0.1) is 5.69 Å². The number of aryl methyl sites for hydroxylation is 1. The Morgan fingerprint density at radius 3 is 2.33 bits per heavy atom. The van der Waals surface area contributed by atoms with Crippen LogP contribution in [0.25, 0.3) is 5.69 Å². The Morgan fingerprint density at radius 1 is 1.03 bits per heavy atom. The Bertz CT molecular complexity index is 1110. The van der Waals surface area contributed by atoms with E-state index in [0.29, 0.717) is 11.6 Å². The SMILES string of the molecule is Cc1cc(=O)c(C(=O)NNC(=S)Nc2ccc(C(C)C)cc2)nn1-c1ccccc1. The van der Waals surface area contributed by atoms with Crippen LogP contribution in [0.4, 0.5) is 5.69 Å². The van der Waals surface area contributed by atoms with Gasteiger partial charge < -0.3 is 5.32 Å². The molecule has 0 saturated carbocycles. The zero-order valence-electron chi connectivity index (χ0n) is 17.0. The third-order valence-electron chi connectivity index (χ3n) is 4.45. The fourth-order valence-electron chi connectivity index (χ4n) is 2.82. The summed E-state index contributed by atoms with van der Waals surface area (Å²) in [5.41, 5.74) is 7.69. The molecule has 3 N–H and O–H groups in total. The van der Waals surface area contributed by atoms with Crippen LogP contribution in [0.2, 0.25) is 0 Å². The van der Waals surface area contributed by atoms with Gasteiger partial charge in [0.2, 0.25) is 5.43 Å². The van der Waals surface area contributed by atoms with Gasteiger partial charge in [0.15, 0.2) is 10.8 Å². The van der Waals surface area contributed by atoms with Crippen LogP contribution in [0, 0.1) is 6.92 Å². The number of anilines is 1. The Hall–Kier alpha value is -3.52. The quantitative estimate of drug-likeness (QED) is 0.443. The molecule has 2 aromatic carbocycles. The lowest BCUT2D eigenvalue weighted by atomic mass is 10.0. The van der Waals surface area contributed by atoms with Gasteiger partial charge >= 0.3 is 0 Å². The Labute approximate surface area is 180 Å². The van der Waals surface area contributed by atoms with Crippen molar-refractivity contribution in [2.45, 2.75) is 26.7 Å². The van der Waals surface area contributed by atoms with Crippen molar-refractivity contribution in [1.82, 2.24) is 20.6 Å². The van der Waals surface area contributed by atoms with E-state index >= 15 is 0 Å². The van der Waals surface area contributed by atoms with Gasteiger partial charge in [-0.05, 0) is 54.9 Å². The minimum absolute atomic E-state index is 0.191. The first-order valence-electron chi connectivity index (χ1n) is 9.49. The molecule has 0 saturated heterocycles. The van der Waals surface area contributed by atoms with Crippen LogP contribution in [0.1, 0.15) is 41.5 Å². The first kappa shape index (κ1) is 21.2. The number of aromatic nitrogens is 2. The maximum Gasteiger partial charge on any atom is 0.294 e. The van der Waals surface area contributed by atoms with Crippen LogP contribution in [0.3, 0.4) is 0 Å². The Kier molecular flexibility index (Phi) is 6.58. The number of hydrazine groups is 1. The van der Waals surface area contributed by atoms with Crippen LogP contribution in [-0.2, 0) is 0 Å². The van der Waals surface area contributed by atoms with Crippen LogP contribution >= 0.6 is 12.2 Å². The highest BCUT2D eigenvalue weighted by Gasteiger charge is 2.15. The van der Waals surface area contributed by atoms with Crippen LogP contribution < -0.4 is 21.6 Å². The number of hydrogen-bond acceptors (Lipinski definition) is 4. The van der Waals surface area contributed by atoms with Crippen molar-refractivity contribution in [3.8, 4) is 5.69 Å². The van der Waals surface area contributed by atoms with Crippen molar-refractivity contribution in [2.75, 3.05) is 5.32 Å². The van der Waals surface area contributed by atoms with Crippen LogP contribution in [-0.4, -0.2) is 20.8 Å². The van der Waals surface area contributed by atoms with E-state index < -0.39 is 11.3 Å². The molecule has 0 radical (unpaired) electrons. The third kappa shape index (κ3) is 5.09. The molecular weight excluding hydrogens is 398 g/mol. The zero-order valence-corrected chi connectivity index (χ0v) is 17.8. The van der Waals surface area contributed by atoms with Crippen molar-refractivity contribution in [2.24, 2.45) is 0 Å². The lowest BCUT2D eigenvalue weighted by Gasteiger charge is -2.13. The number of carbonyl (C=O) groups excluding carboxylic acids is 1. The third-order valence-corrected chi connectivity index (χ3v) is 4.65. The molecule has 30 heavy (non-hydrogen) atoms. The summed E-state index contributed by atoms with van der Waals surface area (Å²) in [5.74, 6) is -0.241. The van der Waals surface area contributed by atoms with E-state index in [4.69, 9.17) is 12.2 Å². The molecule has 0 bridgehead atoms. The molecule has 0 aliphatic heterocycles. The van der Waals surface area contributed by atoms with E-state index in [2.05, 4.69) is 35.1 Å². The summed E-state index contributed by atoms with van der Waals surface area (Å²) in [6, 6.07) is 18.5. The second-order valence-electron chi connectivity index (χ2n) is 7.06. The number of hydrogen-bond donors (Lipinski definition) is 3. The normalized spacial score (nSPS) is 10.5. The molecule has 0 spiro atoms. The second kappa shape index (κ2) is 9.32. The number of amides is 1. The van der Waals surface area contributed by atoms with Gasteiger partial charge in [-0.25, -0.2) is 4.68 Å². The maximum absolute atomic E-state index is 12.5. The molecular formula is C22H23N5O2S. The molecule has 3 aromatic rings. The molecule has 0 unspecified atom stereocenters. The lowest BCUT2D eigenvalue weighted by molar-refractivity contribution is 0.0936. The van der Waals surface area contributed by atoms with E-state index in [1.807, 2.05) is 54.6 Å². The van der Waals surface area contributed by atoms with Gasteiger partial charge in [-0.3, -0.25) is 20.4 Å². The number of nitrogens with one attached hydrogen (secondary N) is 3. The van der Waals surface area contributed by atoms with Gasteiger partial charge in [-0.15, -0.1) is 0 Å². The van der Waals surface area contributed by atoms with Gasteiger partial charge in [0.25, 0.3) is 5.91 Å². The minimum Gasteiger partial charge on any atom is -0.331 e. The van der Waals surface area contributed by atoms with Crippen molar-refractivity contribution in [3.63, 3.8) is 0 Å². The fraction of sp³-hybridized carbons (Fsp3) is 0.182. The molecule has 154 valence electrons. The Balaban J connectivity index is 1.67. The van der Waals surface area contributed by atoms with E-state index in [1.54, 1.807) is 11.6 Å². The maximum atomic E-state index is 12.5. The number of benzene rings is 2. The fourth-order valence-corrected chi connectivity index (χ4v) is 2.99. The average molecular weight is 422 g/mol. The molecule has 1 heterocycles.